The van der Waals surface area contributed by atoms with Crippen LogP contribution < -0.4 is 5.32 Å². The summed E-state index contributed by atoms with van der Waals surface area (Å²) < 4.78 is 0. The fraction of sp³-hybridized carbons (Fsp3) is 0.333. The molecule has 1 unspecified atom stereocenters. The van der Waals surface area contributed by atoms with Crippen molar-refractivity contribution in [3.8, 4) is 6.07 Å². The van der Waals surface area contributed by atoms with E-state index in [2.05, 4.69) is 15.3 Å². The van der Waals surface area contributed by atoms with Gasteiger partial charge in [-0.3, -0.25) is 4.79 Å². The maximum Gasteiger partial charge on any atom is 0.308 e. The van der Waals surface area contributed by atoms with Crippen molar-refractivity contribution in [1.29, 1.82) is 5.26 Å². The Morgan fingerprint density at radius 2 is 2.53 bits per heavy atom. The Hall–Kier alpha value is -2.16. The first kappa shape index (κ1) is 10.9. The van der Waals surface area contributed by atoms with Crippen LogP contribution in [0.15, 0.2) is 12.3 Å². The van der Waals surface area contributed by atoms with Gasteiger partial charge in [0, 0.05) is 12.7 Å². The maximum absolute atomic E-state index is 10.5. The highest BCUT2D eigenvalue weighted by Gasteiger charge is 2.10. The number of carboxylic acid groups (broad SMARTS) is 1. The van der Waals surface area contributed by atoms with Crippen LogP contribution in [-0.4, -0.2) is 27.6 Å². The predicted octanol–water partition coefficient (Wildman–Crippen LogP) is 0.481. The lowest BCUT2D eigenvalue weighted by atomic mass is 10.2. The van der Waals surface area contributed by atoms with Crippen molar-refractivity contribution in [2.45, 2.75) is 6.92 Å². The molecule has 1 heterocycles. The van der Waals surface area contributed by atoms with E-state index in [9.17, 15) is 4.79 Å². The molecule has 78 valence electrons. The summed E-state index contributed by atoms with van der Waals surface area (Å²) >= 11 is 0. The van der Waals surface area contributed by atoms with Gasteiger partial charge in [0.2, 0.25) is 5.95 Å². The highest BCUT2D eigenvalue weighted by molar-refractivity contribution is 5.70. The molecular formula is C9H10N4O2. The van der Waals surface area contributed by atoms with Crippen molar-refractivity contribution in [2.75, 3.05) is 11.9 Å². The third-order valence-corrected chi connectivity index (χ3v) is 1.76. The quantitative estimate of drug-likeness (QED) is 0.743. The zero-order valence-corrected chi connectivity index (χ0v) is 8.14. The average Bonchev–Trinajstić information content (AvgIpc) is 2.26. The van der Waals surface area contributed by atoms with Gasteiger partial charge in [-0.05, 0) is 6.07 Å². The molecule has 0 spiro atoms. The number of anilines is 1. The van der Waals surface area contributed by atoms with E-state index in [-0.39, 0.29) is 18.2 Å². The number of hydrogen-bond donors (Lipinski definition) is 2. The number of carboxylic acids is 1. The van der Waals surface area contributed by atoms with Gasteiger partial charge in [-0.15, -0.1) is 0 Å². The molecule has 0 fully saturated rings. The maximum atomic E-state index is 10.5. The Morgan fingerprint density at radius 3 is 3.13 bits per heavy atom. The lowest BCUT2D eigenvalue weighted by Crippen LogP contribution is -2.20. The molecule has 1 rings (SSSR count). The molecular weight excluding hydrogens is 196 g/mol. The van der Waals surface area contributed by atoms with Crippen LogP contribution in [0, 0.1) is 17.2 Å². The number of nitrogens with zero attached hydrogens (tertiary/aromatic N) is 3. The fourth-order valence-electron chi connectivity index (χ4n) is 0.838. The number of carbonyl (C=O) groups is 1. The fourth-order valence-corrected chi connectivity index (χ4v) is 0.838. The van der Waals surface area contributed by atoms with Gasteiger partial charge in [0.1, 0.15) is 11.8 Å². The topological polar surface area (TPSA) is 98.9 Å². The van der Waals surface area contributed by atoms with Gasteiger partial charge in [-0.2, -0.15) is 5.26 Å². The number of nitriles is 1. The monoisotopic (exact) mass is 206 g/mol. The molecule has 1 aromatic heterocycles. The zero-order valence-electron chi connectivity index (χ0n) is 8.14. The average molecular weight is 206 g/mol. The Kier molecular flexibility index (Phi) is 3.57. The van der Waals surface area contributed by atoms with Crippen LogP contribution in [-0.2, 0) is 4.79 Å². The second kappa shape index (κ2) is 4.91. The molecule has 6 heteroatoms. The molecule has 1 atom stereocenters. The minimum absolute atomic E-state index is 0.226. The van der Waals surface area contributed by atoms with Crippen LogP contribution in [0.4, 0.5) is 5.95 Å². The predicted molar refractivity (Wildman–Crippen MR) is 52.0 cm³/mol. The molecule has 0 aliphatic heterocycles. The van der Waals surface area contributed by atoms with Crippen LogP contribution in [0.5, 0.6) is 0 Å². The Balaban J connectivity index is 2.58. The number of rotatable bonds is 4. The van der Waals surface area contributed by atoms with Gasteiger partial charge in [0.05, 0.1) is 5.92 Å². The van der Waals surface area contributed by atoms with E-state index in [1.807, 2.05) is 6.07 Å². The number of aromatic nitrogens is 2. The van der Waals surface area contributed by atoms with Gasteiger partial charge in [-0.1, -0.05) is 6.92 Å². The van der Waals surface area contributed by atoms with Gasteiger partial charge >= 0.3 is 5.97 Å². The molecule has 0 radical (unpaired) electrons. The van der Waals surface area contributed by atoms with Gasteiger partial charge in [0.15, 0.2) is 0 Å². The molecule has 0 amide bonds. The SMILES string of the molecule is CC(CNc1nccc(C#N)n1)C(=O)O. The first-order chi connectivity index (χ1) is 7.13. The molecule has 1 aromatic rings. The first-order valence-electron chi connectivity index (χ1n) is 4.33. The Morgan fingerprint density at radius 1 is 1.80 bits per heavy atom. The number of hydrogen-bond acceptors (Lipinski definition) is 5. The summed E-state index contributed by atoms with van der Waals surface area (Å²) in [5.41, 5.74) is 0.246. The standard InChI is InChI=1S/C9H10N4O2/c1-6(8(14)15)5-12-9-11-3-2-7(4-10)13-9/h2-3,6H,5H2,1H3,(H,14,15)(H,11,12,13). The van der Waals surface area contributed by atoms with E-state index in [1.54, 1.807) is 6.92 Å². The summed E-state index contributed by atoms with van der Waals surface area (Å²) in [4.78, 5) is 18.2. The van der Waals surface area contributed by atoms with Crippen molar-refractivity contribution < 1.29 is 9.90 Å². The molecule has 0 aliphatic carbocycles. The normalized spacial score (nSPS) is 11.5. The molecule has 0 aromatic carbocycles. The molecule has 15 heavy (non-hydrogen) atoms. The van der Waals surface area contributed by atoms with Gasteiger partial charge in [-0.25, -0.2) is 9.97 Å². The second-order valence-corrected chi connectivity index (χ2v) is 3.00. The molecule has 0 aliphatic rings. The third-order valence-electron chi connectivity index (χ3n) is 1.76. The van der Waals surface area contributed by atoms with Crippen LogP contribution in [0.3, 0.4) is 0 Å². The minimum atomic E-state index is -0.890. The molecule has 2 N–H and O–H groups in total. The Labute approximate surface area is 86.6 Å². The summed E-state index contributed by atoms with van der Waals surface area (Å²) in [5.74, 6) is -1.15. The van der Waals surface area contributed by atoms with Crippen molar-refractivity contribution in [2.24, 2.45) is 5.92 Å². The summed E-state index contributed by atoms with van der Waals surface area (Å²) in [6, 6.07) is 3.35. The van der Waals surface area contributed by atoms with Crippen LogP contribution in [0.25, 0.3) is 0 Å². The van der Waals surface area contributed by atoms with E-state index < -0.39 is 11.9 Å². The smallest absolute Gasteiger partial charge is 0.308 e. The zero-order chi connectivity index (χ0) is 11.3. The minimum Gasteiger partial charge on any atom is -0.481 e. The summed E-state index contributed by atoms with van der Waals surface area (Å²) in [6.07, 6.45) is 1.44. The second-order valence-electron chi connectivity index (χ2n) is 3.00. The highest BCUT2D eigenvalue weighted by Crippen LogP contribution is 2.01. The van der Waals surface area contributed by atoms with E-state index >= 15 is 0 Å². The largest absolute Gasteiger partial charge is 0.481 e. The van der Waals surface area contributed by atoms with Crippen molar-refractivity contribution >= 4 is 11.9 Å². The van der Waals surface area contributed by atoms with Crippen LogP contribution >= 0.6 is 0 Å². The van der Waals surface area contributed by atoms with Crippen molar-refractivity contribution in [3.05, 3.63) is 18.0 Å². The van der Waals surface area contributed by atoms with Gasteiger partial charge in [0.25, 0.3) is 0 Å². The lowest BCUT2D eigenvalue weighted by molar-refractivity contribution is -0.140. The van der Waals surface area contributed by atoms with Crippen LogP contribution in [0.2, 0.25) is 0 Å². The van der Waals surface area contributed by atoms with E-state index in [0.717, 1.165) is 0 Å². The van der Waals surface area contributed by atoms with Crippen LogP contribution in [0.1, 0.15) is 12.6 Å². The van der Waals surface area contributed by atoms with E-state index in [0.29, 0.717) is 0 Å². The number of nitrogens with one attached hydrogen (secondary N) is 1. The summed E-state index contributed by atoms with van der Waals surface area (Å²) in [7, 11) is 0. The van der Waals surface area contributed by atoms with Crippen molar-refractivity contribution in [1.82, 2.24) is 9.97 Å². The van der Waals surface area contributed by atoms with E-state index in [1.165, 1.54) is 12.3 Å². The molecule has 0 saturated heterocycles. The Bertz CT molecular complexity index is 399. The summed E-state index contributed by atoms with van der Waals surface area (Å²) in [6.45, 7) is 1.80. The highest BCUT2D eigenvalue weighted by atomic mass is 16.4. The van der Waals surface area contributed by atoms with Gasteiger partial charge < -0.3 is 10.4 Å². The third kappa shape index (κ3) is 3.23. The van der Waals surface area contributed by atoms with Crippen molar-refractivity contribution in [3.63, 3.8) is 0 Å². The summed E-state index contributed by atoms with van der Waals surface area (Å²) in [5, 5.41) is 19.9. The first-order valence-corrected chi connectivity index (χ1v) is 4.33. The number of aliphatic carboxylic acids is 1. The molecule has 0 saturated carbocycles. The molecule has 0 bridgehead atoms. The lowest BCUT2D eigenvalue weighted by Gasteiger charge is -2.07. The van der Waals surface area contributed by atoms with E-state index in [4.69, 9.17) is 10.4 Å². The molecule has 6 nitrogen and oxygen atoms in total.